The van der Waals surface area contributed by atoms with Crippen molar-refractivity contribution >= 4 is 27.5 Å². The van der Waals surface area contributed by atoms with E-state index < -0.39 is 27.6 Å². The van der Waals surface area contributed by atoms with Gasteiger partial charge < -0.3 is 9.64 Å². The molecular formula is C17H17NO5S. The third kappa shape index (κ3) is 3.58. The van der Waals surface area contributed by atoms with Crippen molar-refractivity contribution in [2.75, 3.05) is 4.90 Å². The molecule has 1 heterocycles. The fraction of sp³-hybridized carbons (Fsp3) is 0.235. The Morgan fingerprint density at radius 1 is 0.958 bits per heavy atom. The molecular weight excluding hydrogens is 330 g/mol. The van der Waals surface area contributed by atoms with E-state index >= 15 is 0 Å². The third-order valence-corrected chi connectivity index (χ3v) is 4.85. The first kappa shape index (κ1) is 16.5. The van der Waals surface area contributed by atoms with Crippen molar-refractivity contribution in [1.82, 2.24) is 0 Å². The Balaban J connectivity index is 2.01. The predicted molar refractivity (Wildman–Crippen MR) is 89.5 cm³/mol. The summed E-state index contributed by atoms with van der Waals surface area (Å²) in [6, 6.07) is 18.3. The fourth-order valence-electron chi connectivity index (χ4n) is 2.87. The molecule has 24 heavy (non-hydrogen) atoms. The van der Waals surface area contributed by atoms with Gasteiger partial charge >= 0.3 is 16.1 Å². The molecule has 126 valence electrons. The summed E-state index contributed by atoms with van der Waals surface area (Å²) in [6.45, 7) is 0. The van der Waals surface area contributed by atoms with Crippen LogP contribution in [0.1, 0.15) is 12.8 Å². The minimum Gasteiger partial charge on any atom is -0.443 e. The Kier molecular flexibility index (Phi) is 4.55. The SMILES string of the molecule is O=C1CC(N(c2ccccc2)c2ccccc2)CC(S(=O)(=O)O)O1. The number of benzene rings is 2. The standard InChI is InChI=1S/C17H17NO5S/c19-16-11-15(12-17(23-16)24(20,21)22)18(13-7-3-1-4-8-13)14-9-5-2-6-10-14/h1-10,15,17H,11-12H2,(H,20,21,22). The number of carbonyl (C=O) groups excluding carboxylic acids is 1. The Bertz CT molecular complexity index is 768. The van der Waals surface area contributed by atoms with Crippen LogP contribution in [0.5, 0.6) is 0 Å². The quantitative estimate of drug-likeness (QED) is 0.676. The normalized spacial score (nSPS) is 21.1. The second-order valence-corrected chi connectivity index (χ2v) is 7.12. The fourth-order valence-corrected chi connectivity index (χ4v) is 3.56. The molecule has 0 radical (unpaired) electrons. The number of ether oxygens (including phenoxy) is 1. The van der Waals surface area contributed by atoms with Crippen LogP contribution in [0.3, 0.4) is 0 Å². The first-order chi connectivity index (χ1) is 11.4. The van der Waals surface area contributed by atoms with Gasteiger partial charge in [-0.1, -0.05) is 36.4 Å². The van der Waals surface area contributed by atoms with E-state index in [9.17, 15) is 17.8 Å². The van der Waals surface area contributed by atoms with Gasteiger partial charge in [-0.2, -0.15) is 8.42 Å². The lowest BCUT2D eigenvalue weighted by Crippen LogP contribution is -2.44. The number of rotatable bonds is 4. The summed E-state index contributed by atoms with van der Waals surface area (Å²) in [5.74, 6) is -0.647. The summed E-state index contributed by atoms with van der Waals surface area (Å²) >= 11 is 0. The lowest BCUT2D eigenvalue weighted by molar-refractivity contribution is -0.150. The van der Waals surface area contributed by atoms with Crippen LogP contribution in [-0.4, -0.2) is 30.4 Å². The Labute approximate surface area is 140 Å². The molecule has 0 spiro atoms. The second kappa shape index (κ2) is 6.62. The molecule has 0 saturated carbocycles. The van der Waals surface area contributed by atoms with Crippen molar-refractivity contribution in [3.8, 4) is 0 Å². The predicted octanol–water partition coefficient (Wildman–Crippen LogP) is 2.74. The van der Waals surface area contributed by atoms with Crippen LogP contribution in [0.4, 0.5) is 11.4 Å². The summed E-state index contributed by atoms with van der Waals surface area (Å²) in [4.78, 5) is 13.8. The molecule has 1 saturated heterocycles. The molecule has 6 nitrogen and oxygen atoms in total. The maximum absolute atomic E-state index is 11.9. The van der Waals surface area contributed by atoms with E-state index in [0.717, 1.165) is 11.4 Å². The molecule has 0 aliphatic carbocycles. The molecule has 1 fully saturated rings. The van der Waals surface area contributed by atoms with Crippen molar-refractivity contribution in [3.05, 3.63) is 60.7 Å². The molecule has 2 unspecified atom stereocenters. The highest BCUT2D eigenvalue weighted by Crippen LogP contribution is 2.33. The molecule has 1 aliphatic heterocycles. The van der Waals surface area contributed by atoms with Crippen molar-refractivity contribution in [2.24, 2.45) is 0 Å². The van der Waals surface area contributed by atoms with Gasteiger partial charge in [0, 0.05) is 23.8 Å². The van der Waals surface area contributed by atoms with Crippen molar-refractivity contribution in [2.45, 2.75) is 24.3 Å². The largest absolute Gasteiger partial charge is 0.443 e. The van der Waals surface area contributed by atoms with Crippen LogP contribution in [0.15, 0.2) is 60.7 Å². The van der Waals surface area contributed by atoms with E-state index in [1.165, 1.54) is 0 Å². The van der Waals surface area contributed by atoms with Crippen LogP contribution in [0.2, 0.25) is 0 Å². The summed E-state index contributed by atoms with van der Waals surface area (Å²) in [5, 5.41) is 0. The summed E-state index contributed by atoms with van der Waals surface area (Å²) in [7, 11) is -4.46. The number of para-hydroxylation sites is 2. The van der Waals surface area contributed by atoms with Gasteiger partial charge in [-0.05, 0) is 24.3 Å². The number of esters is 1. The average Bonchev–Trinajstić information content (AvgIpc) is 2.56. The smallest absolute Gasteiger partial charge is 0.309 e. The summed E-state index contributed by atoms with van der Waals surface area (Å²) in [5.41, 5.74) is 0.119. The molecule has 1 N–H and O–H groups in total. The first-order valence-corrected chi connectivity index (χ1v) is 9.00. The molecule has 0 aromatic heterocycles. The van der Waals surface area contributed by atoms with Crippen molar-refractivity contribution in [1.29, 1.82) is 0 Å². The monoisotopic (exact) mass is 347 g/mol. The highest BCUT2D eigenvalue weighted by molar-refractivity contribution is 7.86. The third-order valence-electron chi connectivity index (χ3n) is 3.90. The Hall–Kier alpha value is -2.38. The van der Waals surface area contributed by atoms with E-state index in [-0.39, 0.29) is 12.8 Å². The van der Waals surface area contributed by atoms with Crippen molar-refractivity contribution < 1.29 is 22.5 Å². The van der Waals surface area contributed by atoms with Crippen molar-refractivity contribution in [3.63, 3.8) is 0 Å². The molecule has 2 aromatic rings. The van der Waals surface area contributed by atoms with Crippen LogP contribution in [0.25, 0.3) is 0 Å². The molecule has 3 rings (SSSR count). The van der Waals surface area contributed by atoms with Gasteiger partial charge in [-0.15, -0.1) is 0 Å². The number of anilines is 2. The van der Waals surface area contributed by atoms with Gasteiger partial charge in [0.1, 0.15) is 0 Å². The van der Waals surface area contributed by atoms with E-state index in [2.05, 4.69) is 0 Å². The minimum absolute atomic E-state index is 0.00559. The first-order valence-electron chi connectivity index (χ1n) is 7.50. The van der Waals surface area contributed by atoms with Crippen LogP contribution in [-0.2, 0) is 19.6 Å². The van der Waals surface area contributed by atoms with E-state index in [0.29, 0.717) is 0 Å². The second-order valence-electron chi connectivity index (χ2n) is 5.57. The van der Waals surface area contributed by atoms with Gasteiger partial charge in [-0.25, -0.2) is 0 Å². The lowest BCUT2D eigenvalue weighted by Gasteiger charge is -2.37. The van der Waals surface area contributed by atoms with Gasteiger partial charge in [0.25, 0.3) is 0 Å². The molecule has 7 heteroatoms. The zero-order valence-corrected chi connectivity index (χ0v) is 13.6. The van der Waals surface area contributed by atoms with Crippen LogP contribution < -0.4 is 4.90 Å². The zero-order valence-electron chi connectivity index (χ0n) is 12.8. The highest BCUT2D eigenvalue weighted by atomic mass is 32.2. The van der Waals surface area contributed by atoms with Gasteiger partial charge in [-0.3, -0.25) is 9.35 Å². The maximum atomic E-state index is 11.9. The molecule has 2 aromatic carbocycles. The molecule has 1 aliphatic rings. The number of hydrogen-bond acceptors (Lipinski definition) is 5. The van der Waals surface area contributed by atoms with E-state index in [1.54, 1.807) is 0 Å². The lowest BCUT2D eigenvalue weighted by atomic mass is 10.0. The summed E-state index contributed by atoms with van der Waals surface area (Å²) < 4.78 is 36.9. The van der Waals surface area contributed by atoms with E-state index in [1.807, 2.05) is 65.6 Å². The molecule has 2 atom stereocenters. The molecule has 0 bridgehead atoms. The zero-order chi connectivity index (χ0) is 17.2. The maximum Gasteiger partial charge on any atom is 0.309 e. The number of cyclic esters (lactones) is 1. The van der Waals surface area contributed by atoms with Crippen LogP contribution in [0, 0.1) is 0 Å². The number of hydrogen-bond donors (Lipinski definition) is 1. The van der Waals surface area contributed by atoms with Gasteiger partial charge in [0.2, 0.25) is 5.44 Å². The topological polar surface area (TPSA) is 83.9 Å². The number of carbonyl (C=O) groups is 1. The Morgan fingerprint density at radius 3 is 1.92 bits per heavy atom. The average molecular weight is 347 g/mol. The minimum atomic E-state index is -4.46. The van der Waals surface area contributed by atoms with Gasteiger partial charge in [0.15, 0.2) is 0 Å². The van der Waals surface area contributed by atoms with Gasteiger partial charge in [0.05, 0.1) is 6.42 Å². The number of nitrogens with zero attached hydrogens (tertiary/aromatic N) is 1. The van der Waals surface area contributed by atoms with Crippen LogP contribution >= 0.6 is 0 Å². The Morgan fingerprint density at radius 2 is 1.46 bits per heavy atom. The highest BCUT2D eigenvalue weighted by Gasteiger charge is 2.39. The molecule has 0 amide bonds. The summed E-state index contributed by atoms with van der Waals surface area (Å²) in [6.07, 6.45) is 0.0319. The van der Waals surface area contributed by atoms with E-state index in [4.69, 9.17) is 4.74 Å².